The van der Waals surface area contributed by atoms with E-state index in [0.29, 0.717) is 19.8 Å². The first-order valence-electron chi connectivity index (χ1n) is 6.46. The fraction of sp³-hybridized carbons (Fsp3) is 0.467. The molecule has 0 radical (unpaired) electrons. The highest BCUT2D eigenvalue weighted by Crippen LogP contribution is 2.24. The van der Waals surface area contributed by atoms with E-state index in [9.17, 15) is 0 Å². The van der Waals surface area contributed by atoms with E-state index in [1.54, 1.807) is 14.2 Å². The molecule has 0 heterocycles. The molecule has 1 aromatic carbocycles. The highest BCUT2D eigenvalue weighted by molar-refractivity contribution is 6.25. The van der Waals surface area contributed by atoms with Crippen LogP contribution in [0.3, 0.4) is 0 Å². The predicted molar refractivity (Wildman–Crippen MR) is 81.7 cm³/mol. The van der Waals surface area contributed by atoms with Gasteiger partial charge in [0.1, 0.15) is 18.1 Å². The van der Waals surface area contributed by atoms with Crippen LogP contribution in [-0.2, 0) is 11.3 Å². The molecular weight excluding hydrogens is 278 g/mol. The molecule has 0 aliphatic carbocycles. The van der Waals surface area contributed by atoms with Gasteiger partial charge in [-0.2, -0.15) is 0 Å². The molecule has 0 aliphatic heterocycles. The van der Waals surface area contributed by atoms with Gasteiger partial charge in [-0.1, -0.05) is 11.6 Å². The van der Waals surface area contributed by atoms with E-state index in [1.165, 1.54) is 5.54 Å². The largest absolute Gasteiger partial charge is 0.497 e. The number of methoxy groups -OCH3 is 2. The SMILES string of the molecule is COCCNCc1cc(OC)ccc1OC/C(C)=C/Cl. The van der Waals surface area contributed by atoms with E-state index >= 15 is 0 Å². The van der Waals surface area contributed by atoms with Crippen molar-refractivity contribution in [3.8, 4) is 11.5 Å². The van der Waals surface area contributed by atoms with Crippen LogP contribution in [-0.4, -0.2) is 34.0 Å². The monoisotopic (exact) mass is 299 g/mol. The lowest BCUT2D eigenvalue weighted by Gasteiger charge is -2.13. The van der Waals surface area contributed by atoms with Crippen LogP contribution in [0.5, 0.6) is 11.5 Å². The van der Waals surface area contributed by atoms with Gasteiger partial charge in [-0.15, -0.1) is 0 Å². The summed E-state index contributed by atoms with van der Waals surface area (Å²) >= 11 is 5.64. The Balaban J connectivity index is 2.70. The summed E-state index contributed by atoms with van der Waals surface area (Å²) in [6.45, 7) is 4.55. The Kier molecular flexibility index (Phi) is 8.11. The Morgan fingerprint density at radius 1 is 1.35 bits per heavy atom. The molecule has 0 aromatic heterocycles. The average Bonchev–Trinajstić information content (AvgIpc) is 2.49. The van der Waals surface area contributed by atoms with Crippen LogP contribution in [0.1, 0.15) is 12.5 Å². The van der Waals surface area contributed by atoms with Crippen molar-refractivity contribution < 1.29 is 14.2 Å². The maximum atomic E-state index is 5.77. The summed E-state index contributed by atoms with van der Waals surface area (Å²) in [5.41, 5.74) is 3.55. The third kappa shape index (κ3) is 5.82. The third-order valence-electron chi connectivity index (χ3n) is 2.71. The van der Waals surface area contributed by atoms with Crippen molar-refractivity contribution in [2.24, 2.45) is 0 Å². The van der Waals surface area contributed by atoms with Gasteiger partial charge in [0.15, 0.2) is 0 Å². The van der Waals surface area contributed by atoms with Gasteiger partial charge in [-0.3, -0.25) is 0 Å². The van der Waals surface area contributed by atoms with Gasteiger partial charge < -0.3 is 19.5 Å². The smallest absolute Gasteiger partial charge is 0.124 e. The van der Waals surface area contributed by atoms with Gasteiger partial charge >= 0.3 is 0 Å². The zero-order chi connectivity index (χ0) is 14.8. The Hall–Kier alpha value is -1.23. The van der Waals surface area contributed by atoms with Crippen molar-refractivity contribution in [2.75, 3.05) is 34.0 Å². The Labute approximate surface area is 125 Å². The molecule has 5 heteroatoms. The Morgan fingerprint density at radius 3 is 2.80 bits per heavy atom. The van der Waals surface area contributed by atoms with Gasteiger partial charge in [0.2, 0.25) is 0 Å². The summed E-state index contributed by atoms with van der Waals surface area (Å²) in [7, 11) is 3.33. The van der Waals surface area contributed by atoms with Crippen molar-refractivity contribution in [3.05, 3.63) is 34.9 Å². The molecule has 0 bridgehead atoms. The van der Waals surface area contributed by atoms with Crippen LogP contribution in [0.15, 0.2) is 29.3 Å². The normalized spacial score (nSPS) is 11.5. The fourth-order valence-electron chi connectivity index (χ4n) is 1.58. The quantitative estimate of drug-likeness (QED) is 0.712. The van der Waals surface area contributed by atoms with E-state index < -0.39 is 0 Å². The van der Waals surface area contributed by atoms with Crippen LogP contribution in [0.25, 0.3) is 0 Å². The standard InChI is InChI=1S/C15H22ClNO3/c1-12(9-16)11-20-15-5-4-14(19-3)8-13(15)10-17-6-7-18-2/h4-5,8-9,17H,6-7,10-11H2,1-3H3/b12-9+. The number of hydrogen-bond donors (Lipinski definition) is 1. The second kappa shape index (κ2) is 9.64. The van der Waals surface area contributed by atoms with Crippen molar-refractivity contribution in [3.63, 3.8) is 0 Å². The molecule has 0 saturated carbocycles. The highest BCUT2D eigenvalue weighted by atomic mass is 35.5. The van der Waals surface area contributed by atoms with Crippen molar-refractivity contribution in [2.45, 2.75) is 13.5 Å². The first kappa shape index (κ1) is 16.8. The van der Waals surface area contributed by atoms with E-state index in [1.807, 2.05) is 25.1 Å². The number of nitrogens with one attached hydrogen (secondary N) is 1. The van der Waals surface area contributed by atoms with Gasteiger partial charge in [0.25, 0.3) is 0 Å². The molecule has 20 heavy (non-hydrogen) atoms. The summed E-state index contributed by atoms with van der Waals surface area (Å²) in [6, 6.07) is 5.76. The lowest BCUT2D eigenvalue weighted by atomic mass is 10.2. The molecule has 0 atom stereocenters. The van der Waals surface area contributed by atoms with Crippen molar-refractivity contribution in [1.82, 2.24) is 5.32 Å². The minimum atomic E-state index is 0.473. The predicted octanol–water partition coefficient (Wildman–Crippen LogP) is 2.95. The third-order valence-corrected chi connectivity index (χ3v) is 3.08. The lowest BCUT2D eigenvalue weighted by Crippen LogP contribution is -2.19. The first-order valence-corrected chi connectivity index (χ1v) is 6.90. The molecule has 1 aromatic rings. The average molecular weight is 300 g/mol. The molecule has 0 aliphatic rings. The summed E-state index contributed by atoms with van der Waals surface area (Å²) in [6.07, 6.45) is 0. The van der Waals surface area contributed by atoms with Gasteiger partial charge in [-0.25, -0.2) is 0 Å². The summed E-state index contributed by atoms with van der Waals surface area (Å²) in [5.74, 6) is 1.64. The van der Waals surface area contributed by atoms with Crippen LogP contribution in [0.4, 0.5) is 0 Å². The number of halogens is 1. The maximum absolute atomic E-state index is 5.77. The van der Waals surface area contributed by atoms with E-state index in [4.69, 9.17) is 25.8 Å². The number of benzene rings is 1. The van der Waals surface area contributed by atoms with Gasteiger partial charge in [0, 0.05) is 31.3 Å². The topological polar surface area (TPSA) is 39.7 Å². The Morgan fingerprint density at radius 2 is 2.15 bits per heavy atom. The molecule has 0 fully saturated rings. The van der Waals surface area contributed by atoms with E-state index in [0.717, 1.165) is 29.2 Å². The molecule has 0 saturated heterocycles. The zero-order valence-electron chi connectivity index (χ0n) is 12.2. The summed E-state index contributed by atoms with van der Waals surface area (Å²) in [4.78, 5) is 0. The second-order valence-electron chi connectivity index (χ2n) is 4.39. The number of rotatable bonds is 9. The molecule has 1 N–H and O–H groups in total. The number of hydrogen-bond acceptors (Lipinski definition) is 4. The van der Waals surface area contributed by atoms with Crippen LogP contribution >= 0.6 is 11.6 Å². The van der Waals surface area contributed by atoms with Gasteiger partial charge in [-0.05, 0) is 30.7 Å². The molecule has 0 spiro atoms. The van der Waals surface area contributed by atoms with Gasteiger partial charge in [0.05, 0.1) is 13.7 Å². The fourth-order valence-corrected chi connectivity index (χ4v) is 1.65. The van der Waals surface area contributed by atoms with E-state index in [2.05, 4.69) is 5.32 Å². The van der Waals surface area contributed by atoms with E-state index in [-0.39, 0.29) is 0 Å². The number of ether oxygens (including phenoxy) is 3. The lowest BCUT2D eigenvalue weighted by molar-refractivity contribution is 0.199. The maximum Gasteiger partial charge on any atom is 0.124 e. The zero-order valence-corrected chi connectivity index (χ0v) is 13.0. The Bertz CT molecular complexity index is 435. The molecule has 0 unspecified atom stereocenters. The minimum absolute atomic E-state index is 0.473. The van der Waals surface area contributed by atoms with Crippen LogP contribution in [0, 0.1) is 0 Å². The van der Waals surface area contributed by atoms with Crippen LogP contribution in [0.2, 0.25) is 0 Å². The first-order chi connectivity index (χ1) is 9.71. The molecule has 0 amide bonds. The molecule has 4 nitrogen and oxygen atoms in total. The second-order valence-corrected chi connectivity index (χ2v) is 4.61. The summed E-state index contributed by atoms with van der Waals surface area (Å²) in [5, 5.41) is 3.29. The van der Waals surface area contributed by atoms with Crippen LogP contribution < -0.4 is 14.8 Å². The molecule has 112 valence electrons. The minimum Gasteiger partial charge on any atom is -0.497 e. The highest BCUT2D eigenvalue weighted by Gasteiger charge is 2.06. The van der Waals surface area contributed by atoms with Crippen molar-refractivity contribution >= 4 is 11.6 Å². The molecular formula is C15H22ClNO3. The molecule has 1 rings (SSSR count). The van der Waals surface area contributed by atoms with Crippen molar-refractivity contribution in [1.29, 1.82) is 0 Å². The summed E-state index contributed by atoms with van der Waals surface area (Å²) < 4.78 is 16.0.